The van der Waals surface area contributed by atoms with E-state index in [1.165, 1.54) is 17.5 Å². The Balaban J connectivity index is 3.14. The summed E-state index contributed by atoms with van der Waals surface area (Å²) < 4.78 is 0. The summed E-state index contributed by atoms with van der Waals surface area (Å²) in [6.07, 6.45) is 3.51. The van der Waals surface area contributed by atoms with Crippen LogP contribution < -0.4 is 0 Å². The Kier molecular flexibility index (Phi) is 4.62. The summed E-state index contributed by atoms with van der Waals surface area (Å²) in [7, 11) is 2.96. The van der Waals surface area contributed by atoms with E-state index < -0.39 is 0 Å². The number of benzene rings is 1. The summed E-state index contributed by atoms with van der Waals surface area (Å²) in [5.74, 6) is 0. The molecule has 14 heavy (non-hydrogen) atoms. The molecular weight excluding hydrogens is 187 g/mol. The normalized spacial score (nSPS) is 12.9. The van der Waals surface area contributed by atoms with Crippen LogP contribution in [0.2, 0.25) is 0 Å². The zero-order valence-corrected chi connectivity index (χ0v) is 10.7. The van der Waals surface area contributed by atoms with Gasteiger partial charge in [0.1, 0.15) is 0 Å². The Hall–Kier alpha value is -0.350. The van der Waals surface area contributed by atoms with E-state index in [1.807, 2.05) is 0 Å². The van der Waals surface area contributed by atoms with E-state index in [2.05, 4.69) is 48.2 Å². The third-order valence-corrected chi connectivity index (χ3v) is 3.71. The highest BCUT2D eigenvalue weighted by atomic mass is 31.0. The fourth-order valence-corrected chi connectivity index (χ4v) is 2.30. The van der Waals surface area contributed by atoms with Gasteiger partial charge in [0.2, 0.25) is 0 Å². The Morgan fingerprint density at radius 3 is 2.36 bits per heavy atom. The van der Waals surface area contributed by atoms with Gasteiger partial charge in [0, 0.05) is 0 Å². The fourth-order valence-electron chi connectivity index (χ4n) is 1.98. The molecule has 0 amide bonds. The molecule has 1 heteroatoms. The van der Waals surface area contributed by atoms with Crippen molar-refractivity contribution in [3.05, 3.63) is 34.9 Å². The van der Waals surface area contributed by atoms with E-state index in [9.17, 15) is 0 Å². The first kappa shape index (κ1) is 11.7. The van der Waals surface area contributed by atoms with Crippen LogP contribution in [-0.2, 0) is 12.8 Å². The predicted octanol–water partition coefficient (Wildman–Crippen LogP) is 4.14. The number of aryl methyl sites for hydroxylation is 1. The molecule has 1 aromatic rings. The van der Waals surface area contributed by atoms with Gasteiger partial charge in [-0.25, -0.2) is 0 Å². The largest absolute Gasteiger partial charge is 0.130 e. The molecule has 2 unspecified atom stereocenters. The molecule has 0 saturated carbocycles. The standard InChI is InChI=1S/C13H21P/c1-4-10-8-7-9-12(11(10)5-2)13(14)6-3/h7-9,13H,4-6,14H2,1-3H3. The van der Waals surface area contributed by atoms with E-state index >= 15 is 0 Å². The van der Waals surface area contributed by atoms with E-state index in [-0.39, 0.29) is 0 Å². The van der Waals surface area contributed by atoms with Crippen LogP contribution >= 0.6 is 9.24 Å². The quantitative estimate of drug-likeness (QED) is 0.652. The summed E-state index contributed by atoms with van der Waals surface area (Å²) in [4.78, 5) is 0. The zero-order valence-electron chi connectivity index (χ0n) is 9.51. The molecule has 0 N–H and O–H groups in total. The van der Waals surface area contributed by atoms with Crippen LogP contribution in [0.1, 0.15) is 49.5 Å². The van der Waals surface area contributed by atoms with Crippen LogP contribution in [0.5, 0.6) is 0 Å². The summed E-state index contributed by atoms with van der Waals surface area (Å²) >= 11 is 0. The third kappa shape index (κ3) is 2.36. The topological polar surface area (TPSA) is 0 Å². The maximum Gasteiger partial charge on any atom is -0.00144 e. The van der Waals surface area contributed by atoms with Crippen LogP contribution in [0.25, 0.3) is 0 Å². The van der Waals surface area contributed by atoms with E-state index in [0.29, 0.717) is 5.66 Å². The Labute approximate surface area is 90.3 Å². The summed E-state index contributed by atoms with van der Waals surface area (Å²) in [6.45, 7) is 6.74. The molecule has 1 rings (SSSR count). The monoisotopic (exact) mass is 208 g/mol. The summed E-state index contributed by atoms with van der Waals surface area (Å²) in [5, 5.41) is 0. The fraction of sp³-hybridized carbons (Fsp3) is 0.538. The SMILES string of the molecule is CCc1cccc(C(P)CC)c1CC. The van der Waals surface area contributed by atoms with Crippen LogP contribution in [-0.4, -0.2) is 0 Å². The van der Waals surface area contributed by atoms with Crippen molar-refractivity contribution in [1.29, 1.82) is 0 Å². The molecule has 0 saturated heterocycles. The van der Waals surface area contributed by atoms with Gasteiger partial charge in [0.15, 0.2) is 0 Å². The molecule has 0 bridgehead atoms. The van der Waals surface area contributed by atoms with Crippen molar-refractivity contribution in [2.45, 2.75) is 45.7 Å². The molecule has 0 spiro atoms. The second-order valence-electron chi connectivity index (χ2n) is 3.71. The van der Waals surface area contributed by atoms with Crippen LogP contribution in [0.4, 0.5) is 0 Å². The maximum atomic E-state index is 2.96. The highest BCUT2D eigenvalue weighted by molar-refractivity contribution is 7.17. The number of rotatable bonds is 4. The van der Waals surface area contributed by atoms with Crippen molar-refractivity contribution in [2.75, 3.05) is 0 Å². The minimum atomic E-state index is 0.622. The van der Waals surface area contributed by atoms with Gasteiger partial charge in [-0.1, -0.05) is 39.0 Å². The van der Waals surface area contributed by atoms with Crippen molar-refractivity contribution < 1.29 is 0 Å². The predicted molar refractivity (Wildman–Crippen MR) is 67.9 cm³/mol. The highest BCUT2D eigenvalue weighted by Crippen LogP contribution is 2.31. The number of hydrogen-bond donors (Lipinski definition) is 0. The molecule has 1 aromatic carbocycles. The van der Waals surface area contributed by atoms with Gasteiger partial charge in [-0.15, -0.1) is 9.24 Å². The maximum absolute atomic E-state index is 2.96. The van der Waals surface area contributed by atoms with E-state index in [4.69, 9.17) is 0 Å². The average Bonchev–Trinajstić information content (AvgIpc) is 2.26. The molecular formula is C13H21P. The lowest BCUT2D eigenvalue weighted by Crippen LogP contribution is -1.99. The highest BCUT2D eigenvalue weighted by Gasteiger charge is 2.10. The van der Waals surface area contributed by atoms with Crippen molar-refractivity contribution in [2.24, 2.45) is 0 Å². The average molecular weight is 208 g/mol. The van der Waals surface area contributed by atoms with Gasteiger partial charge in [-0.2, -0.15) is 0 Å². The second-order valence-corrected chi connectivity index (χ2v) is 4.51. The Morgan fingerprint density at radius 1 is 1.14 bits per heavy atom. The lowest BCUT2D eigenvalue weighted by atomic mass is 9.94. The molecule has 0 aliphatic heterocycles. The van der Waals surface area contributed by atoms with Crippen molar-refractivity contribution in [3.8, 4) is 0 Å². The van der Waals surface area contributed by atoms with Crippen LogP contribution in [0.15, 0.2) is 18.2 Å². The molecule has 0 aromatic heterocycles. The first-order chi connectivity index (χ1) is 6.74. The van der Waals surface area contributed by atoms with Crippen LogP contribution in [0.3, 0.4) is 0 Å². The van der Waals surface area contributed by atoms with Gasteiger partial charge in [0.25, 0.3) is 0 Å². The molecule has 0 fully saturated rings. The van der Waals surface area contributed by atoms with E-state index in [1.54, 1.807) is 5.56 Å². The van der Waals surface area contributed by atoms with Gasteiger partial charge >= 0.3 is 0 Å². The molecule has 0 radical (unpaired) electrons. The zero-order chi connectivity index (χ0) is 10.6. The number of hydrogen-bond acceptors (Lipinski definition) is 0. The molecule has 0 aliphatic carbocycles. The summed E-state index contributed by atoms with van der Waals surface area (Å²) in [5.41, 5.74) is 5.23. The lowest BCUT2D eigenvalue weighted by molar-refractivity contribution is 0.866. The van der Waals surface area contributed by atoms with Gasteiger partial charge in [-0.05, 0) is 41.6 Å². The second kappa shape index (κ2) is 5.51. The summed E-state index contributed by atoms with van der Waals surface area (Å²) in [6, 6.07) is 6.73. The molecule has 0 nitrogen and oxygen atoms in total. The minimum absolute atomic E-state index is 0.622. The Morgan fingerprint density at radius 2 is 1.86 bits per heavy atom. The van der Waals surface area contributed by atoms with Gasteiger partial charge in [0.05, 0.1) is 0 Å². The molecule has 78 valence electrons. The minimum Gasteiger partial charge on any atom is -0.130 e. The third-order valence-electron chi connectivity index (χ3n) is 2.88. The molecule has 2 atom stereocenters. The molecule has 0 heterocycles. The first-order valence-electron chi connectivity index (χ1n) is 5.60. The van der Waals surface area contributed by atoms with Crippen molar-refractivity contribution in [3.63, 3.8) is 0 Å². The van der Waals surface area contributed by atoms with Crippen molar-refractivity contribution >= 4 is 9.24 Å². The van der Waals surface area contributed by atoms with Gasteiger partial charge < -0.3 is 0 Å². The van der Waals surface area contributed by atoms with Crippen LogP contribution in [0, 0.1) is 0 Å². The lowest BCUT2D eigenvalue weighted by Gasteiger charge is -2.16. The Bertz CT molecular complexity index is 291. The van der Waals surface area contributed by atoms with Gasteiger partial charge in [-0.3, -0.25) is 0 Å². The first-order valence-corrected chi connectivity index (χ1v) is 6.27. The van der Waals surface area contributed by atoms with Crippen molar-refractivity contribution in [1.82, 2.24) is 0 Å². The smallest absolute Gasteiger partial charge is 0.00144 e. The molecule has 0 aliphatic rings. The van der Waals surface area contributed by atoms with E-state index in [0.717, 1.165) is 12.8 Å².